The van der Waals surface area contributed by atoms with Gasteiger partial charge in [0.25, 0.3) is 0 Å². The summed E-state index contributed by atoms with van der Waals surface area (Å²) in [4.78, 5) is 0. The molecule has 3 atom stereocenters. The van der Waals surface area contributed by atoms with E-state index in [1.165, 1.54) is 29.4 Å². The van der Waals surface area contributed by atoms with Crippen LogP contribution < -0.4 is 5.73 Å². The molecular formula is C16H28BrN3. The van der Waals surface area contributed by atoms with Gasteiger partial charge in [0.15, 0.2) is 0 Å². The Morgan fingerprint density at radius 1 is 1.40 bits per heavy atom. The first kappa shape index (κ1) is 16.0. The molecule has 0 aromatic carbocycles. The fourth-order valence-corrected chi connectivity index (χ4v) is 3.92. The van der Waals surface area contributed by atoms with Crippen LogP contribution in [0.1, 0.15) is 51.4 Å². The predicted octanol–water partition coefficient (Wildman–Crippen LogP) is 3.92. The van der Waals surface area contributed by atoms with E-state index in [4.69, 9.17) is 5.73 Å². The van der Waals surface area contributed by atoms with Gasteiger partial charge in [0.1, 0.15) is 0 Å². The zero-order chi connectivity index (χ0) is 14.9. The maximum absolute atomic E-state index is 6.39. The third-order valence-corrected chi connectivity index (χ3v) is 5.96. The second kappa shape index (κ2) is 6.61. The van der Waals surface area contributed by atoms with Gasteiger partial charge in [-0.2, -0.15) is 5.10 Å². The molecule has 20 heavy (non-hydrogen) atoms. The fraction of sp³-hybridized carbons (Fsp3) is 0.812. The highest BCUT2D eigenvalue weighted by molar-refractivity contribution is 9.10. The summed E-state index contributed by atoms with van der Waals surface area (Å²) in [5.41, 5.74) is 8.81. The fourth-order valence-electron chi connectivity index (χ4n) is 3.48. The van der Waals surface area contributed by atoms with Gasteiger partial charge in [-0.25, -0.2) is 0 Å². The highest BCUT2D eigenvalue weighted by atomic mass is 79.9. The molecule has 0 spiro atoms. The van der Waals surface area contributed by atoms with Crippen molar-refractivity contribution >= 4 is 15.9 Å². The van der Waals surface area contributed by atoms with Crippen molar-refractivity contribution < 1.29 is 0 Å². The van der Waals surface area contributed by atoms with Gasteiger partial charge in [-0.05, 0) is 73.2 Å². The molecular weight excluding hydrogens is 314 g/mol. The molecule has 2 N–H and O–H groups in total. The Morgan fingerprint density at radius 3 is 2.70 bits per heavy atom. The Kier molecular flexibility index (Phi) is 5.30. The number of hydrogen-bond acceptors (Lipinski definition) is 2. The Labute approximate surface area is 131 Å². The highest BCUT2D eigenvalue weighted by Gasteiger charge is 2.31. The van der Waals surface area contributed by atoms with Gasteiger partial charge >= 0.3 is 0 Å². The van der Waals surface area contributed by atoms with Crippen LogP contribution in [0, 0.1) is 24.7 Å². The van der Waals surface area contributed by atoms with Crippen LogP contribution in [0.4, 0.5) is 0 Å². The molecule has 1 aliphatic carbocycles. The molecule has 0 radical (unpaired) electrons. The third-order valence-electron chi connectivity index (χ3n) is 4.93. The van der Waals surface area contributed by atoms with E-state index in [0.29, 0.717) is 12.0 Å². The number of nitrogens with zero attached hydrogens (tertiary/aromatic N) is 2. The number of hydrogen-bond donors (Lipinski definition) is 1. The Hall–Kier alpha value is -0.350. The van der Waals surface area contributed by atoms with Crippen molar-refractivity contribution in [3.63, 3.8) is 0 Å². The number of rotatable bonds is 4. The lowest BCUT2D eigenvalue weighted by Gasteiger charge is -2.36. The normalized spacial score (nSPS) is 27.2. The van der Waals surface area contributed by atoms with Gasteiger partial charge in [0.05, 0.1) is 15.9 Å². The topological polar surface area (TPSA) is 43.8 Å². The van der Waals surface area contributed by atoms with E-state index in [2.05, 4.69) is 53.4 Å². The monoisotopic (exact) mass is 341 g/mol. The summed E-state index contributed by atoms with van der Waals surface area (Å²) in [6, 6.07) is 0.345. The van der Waals surface area contributed by atoms with Crippen LogP contribution in [0.25, 0.3) is 0 Å². The number of halogens is 1. The van der Waals surface area contributed by atoms with Gasteiger partial charge < -0.3 is 5.73 Å². The largest absolute Gasteiger partial charge is 0.327 e. The first-order chi connectivity index (χ1) is 9.43. The van der Waals surface area contributed by atoms with Gasteiger partial charge in [0.2, 0.25) is 0 Å². The average molecular weight is 342 g/mol. The van der Waals surface area contributed by atoms with Crippen molar-refractivity contribution in [2.75, 3.05) is 0 Å². The first-order valence-corrected chi connectivity index (χ1v) is 8.70. The maximum atomic E-state index is 6.39. The number of nitrogens with two attached hydrogens (primary N) is 1. The zero-order valence-corrected chi connectivity index (χ0v) is 14.8. The molecule has 1 saturated carbocycles. The van der Waals surface area contributed by atoms with E-state index < -0.39 is 0 Å². The molecule has 4 heteroatoms. The second-order valence-electron chi connectivity index (χ2n) is 6.61. The smallest absolute Gasteiger partial charge is 0.0738 e. The molecule has 114 valence electrons. The SMILES string of the molecule is CCn1nc(C)c(Br)c1CC1CC(C(C)C)CCC1N. The van der Waals surface area contributed by atoms with Crippen LogP contribution in [-0.2, 0) is 13.0 Å². The van der Waals surface area contributed by atoms with E-state index in [1.807, 2.05) is 0 Å². The second-order valence-corrected chi connectivity index (χ2v) is 7.40. The van der Waals surface area contributed by atoms with E-state index >= 15 is 0 Å². The van der Waals surface area contributed by atoms with Gasteiger partial charge in [-0.15, -0.1) is 0 Å². The minimum Gasteiger partial charge on any atom is -0.327 e. The molecule has 1 fully saturated rings. The summed E-state index contributed by atoms with van der Waals surface area (Å²) in [5.74, 6) is 2.19. The van der Waals surface area contributed by atoms with Gasteiger partial charge in [0, 0.05) is 12.6 Å². The molecule has 0 saturated heterocycles. The number of aromatic nitrogens is 2. The third kappa shape index (κ3) is 3.28. The summed E-state index contributed by atoms with van der Waals surface area (Å²) < 4.78 is 3.31. The molecule has 1 aliphatic rings. The Balaban J connectivity index is 2.15. The van der Waals surface area contributed by atoms with Crippen molar-refractivity contribution in [2.45, 2.75) is 66.0 Å². The summed E-state index contributed by atoms with van der Waals surface area (Å²) in [5, 5.41) is 4.60. The van der Waals surface area contributed by atoms with Gasteiger partial charge in [-0.1, -0.05) is 13.8 Å². The van der Waals surface area contributed by atoms with Crippen molar-refractivity contribution in [2.24, 2.45) is 23.5 Å². The lowest BCUT2D eigenvalue weighted by atomic mass is 9.72. The standard InChI is InChI=1S/C16H28BrN3/c1-5-20-15(16(17)11(4)19-20)9-13-8-12(10(2)3)6-7-14(13)18/h10,12-14H,5-9,18H2,1-4H3. The van der Waals surface area contributed by atoms with E-state index in [0.717, 1.165) is 30.5 Å². The molecule has 1 aromatic rings. The van der Waals surface area contributed by atoms with Crippen LogP contribution in [0.15, 0.2) is 4.47 Å². The van der Waals surface area contributed by atoms with Crippen LogP contribution in [0.3, 0.4) is 0 Å². The minimum atomic E-state index is 0.345. The van der Waals surface area contributed by atoms with Crippen molar-refractivity contribution in [3.8, 4) is 0 Å². The Bertz CT molecular complexity index is 453. The average Bonchev–Trinajstić information content (AvgIpc) is 2.68. The quantitative estimate of drug-likeness (QED) is 0.901. The van der Waals surface area contributed by atoms with E-state index in [9.17, 15) is 0 Å². The first-order valence-electron chi connectivity index (χ1n) is 7.91. The van der Waals surface area contributed by atoms with Crippen LogP contribution in [0.2, 0.25) is 0 Å². The van der Waals surface area contributed by atoms with Crippen LogP contribution >= 0.6 is 15.9 Å². The van der Waals surface area contributed by atoms with Crippen molar-refractivity contribution in [3.05, 3.63) is 15.9 Å². The predicted molar refractivity (Wildman–Crippen MR) is 87.7 cm³/mol. The van der Waals surface area contributed by atoms with Crippen LogP contribution in [-0.4, -0.2) is 15.8 Å². The van der Waals surface area contributed by atoms with Crippen molar-refractivity contribution in [1.29, 1.82) is 0 Å². The molecule has 0 bridgehead atoms. The maximum Gasteiger partial charge on any atom is 0.0738 e. The Morgan fingerprint density at radius 2 is 2.10 bits per heavy atom. The highest BCUT2D eigenvalue weighted by Crippen LogP contribution is 2.36. The van der Waals surface area contributed by atoms with Crippen molar-refractivity contribution in [1.82, 2.24) is 9.78 Å². The lowest BCUT2D eigenvalue weighted by Crippen LogP contribution is -2.38. The summed E-state index contributed by atoms with van der Waals surface area (Å²) in [6.07, 6.45) is 4.78. The summed E-state index contributed by atoms with van der Waals surface area (Å²) in [6.45, 7) is 9.83. The number of aryl methyl sites for hydroxylation is 2. The van der Waals surface area contributed by atoms with Gasteiger partial charge in [-0.3, -0.25) is 4.68 Å². The zero-order valence-electron chi connectivity index (χ0n) is 13.2. The molecule has 0 aliphatic heterocycles. The molecule has 0 amide bonds. The van der Waals surface area contributed by atoms with E-state index in [1.54, 1.807) is 0 Å². The van der Waals surface area contributed by atoms with E-state index in [-0.39, 0.29) is 0 Å². The summed E-state index contributed by atoms with van der Waals surface area (Å²) >= 11 is 3.71. The molecule has 3 nitrogen and oxygen atoms in total. The lowest BCUT2D eigenvalue weighted by molar-refractivity contribution is 0.187. The molecule has 1 heterocycles. The van der Waals surface area contributed by atoms with Crippen LogP contribution in [0.5, 0.6) is 0 Å². The minimum absolute atomic E-state index is 0.345. The molecule has 3 unspecified atom stereocenters. The molecule has 2 rings (SSSR count). The summed E-state index contributed by atoms with van der Waals surface area (Å²) in [7, 11) is 0. The molecule has 1 aromatic heterocycles.